The minimum Gasteiger partial charge on any atom is -0.338 e. The van der Waals surface area contributed by atoms with Crippen LogP contribution in [0, 0.1) is 28.0 Å². The molecule has 2 aliphatic carbocycles. The molecule has 0 radical (unpaired) electrons. The molecule has 342 valence electrons. The predicted octanol–water partition coefficient (Wildman–Crippen LogP) is 15.0. The van der Waals surface area contributed by atoms with Gasteiger partial charge in [-0.15, -0.1) is 0 Å². The first kappa shape index (κ1) is 43.8. The van der Waals surface area contributed by atoms with Crippen molar-refractivity contribution in [3.63, 3.8) is 0 Å². The average Bonchev–Trinajstić information content (AvgIpc) is 3.43. The molecule has 0 spiro atoms. The minimum absolute atomic E-state index is 0.0430. The van der Waals surface area contributed by atoms with Crippen LogP contribution in [0.15, 0.2) is 102 Å². The lowest BCUT2D eigenvalue weighted by Gasteiger charge is -2.53. The summed E-state index contributed by atoms with van der Waals surface area (Å²) in [4.78, 5) is 8.09. The molecule has 4 aliphatic heterocycles. The van der Waals surface area contributed by atoms with Crippen molar-refractivity contribution in [2.45, 2.75) is 164 Å². The first-order valence-electron chi connectivity index (χ1n) is 25.3. The average molecular weight is 878 g/mol. The third kappa shape index (κ3) is 5.73. The fourth-order valence-electron chi connectivity index (χ4n) is 14.3. The SMILES string of the molecule is CC1CC2=C(CC1(C)C(C)(C)C)C1(C)CCCCC1(C)N2c1cc2c3c(c1)N(c1cc(C(C)(C)C)cc(C(C)(C)C)c1)c1cccc4c1B3c1c(cccc1C4(C)C)N2c1ccc(F)cc1. The van der Waals surface area contributed by atoms with Gasteiger partial charge in [0.1, 0.15) is 5.82 Å². The summed E-state index contributed by atoms with van der Waals surface area (Å²) >= 11 is 0. The highest BCUT2D eigenvalue weighted by atomic mass is 19.1. The van der Waals surface area contributed by atoms with Crippen molar-refractivity contribution >= 4 is 62.9 Å². The van der Waals surface area contributed by atoms with E-state index >= 15 is 4.39 Å². The maximum absolute atomic E-state index is 15.0. The van der Waals surface area contributed by atoms with Crippen molar-refractivity contribution < 1.29 is 4.39 Å². The Morgan fingerprint density at radius 3 is 1.65 bits per heavy atom. The minimum atomic E-state index is -0.246. The Bertz CT molecular complexity index is 2870. The summed E-state index contributed by atoms with van der Waals surface area (Å²) in [6, 6.07) is 34.1. The van der Waals surface area contributed by atoms with E-state index in [1.54, 1.807) is 23.4 Å². The zero-order valence-electron chi connectivity index (χ0n) is 42.8. The second-order valence-corrected chi connectivity index (χ2v) is 25.9. The van der Waals surface area contributed by atoms with Crippen LogP contribution in [0.3, 0.4) is 0 Å². The Kier molecular flexibility index (Phi) is 9.08. The number of allylic oxidation sites excluding steroid dienone is 1. The molecule has 66 heavy (non-hydrogen) atoms. The molecule has 1 fully saturated rings. The topological polar surface area (TPSA) is 9.72 Å². The highest BCUT2D eigenvalue weighted by Gasteiger charge is 2.63. The van der Waals surface area contributed by atoms with E-state index in [0.29, 0.717) is 5.92 Å². The van der Waals surface area contributed by atoms with Gasteiger partial charge in [0, 0.05) is 56.3 Å². The van der Waals surface area contributed by atoms with Crippen molar-refractivity contribution in [3.05, 3.63) is 130 Å². The number of fused-ring (bicyclic) bond motifs is 2. The Morgan fingerprint density at radius 1 is 0.591 bits per heavy atom. The van der Waals surface area contributed by atoms with Gasteiger partial charge in [0.25, 0.3) is 6.71 Å². The number of benzene rings is 5. The molecule has 0 amide bonds. The van der Waals surface area contributed by atoms with Crippen molar-refractivity contribution in [2.75, 3.05) is 14.7 Å². The number of nitrogens with zero attached hydrogens (tertiary/aromatic N) is 3. The van der Waals surface area contributed by atoms with Crippen molar-refractivity contribution in [2.24, 2.45) is 22.2 Å². The standard InChI is InChI=1S/C61H73BFN3/c1-37-30-49-46(36-60(37,14)57(8,9)10)59(13)28-16-17-29-61(59,15)66(49)43-34-50-54-51(35-43)65(42-32-38(55(2,3)4)31-39(33-42)56(5,6)7)48-23-19-21-45-53(48)62(54)52-44(58(45,11)12)20-18-22-47(52)64(50)41-26-24-40(63)25-27-41/h18-27,31-35,37H,16-17,28-30,36H2,1-15H3. The lowest BCUT2D eigenvalue weighted by molar-refractivity contribution is 0.0262. The molecular formula is C61H73BFN3. The first-order valence-corrected chi connectivity index (χ1v) is 25.3. The quantitative estimate of drug-likeness (QED) is 0.164. The third-order valence-corrected chi connectivity index (χ3v) is 19.1. The van der Waals surface area contributed by atoms with E-state index in [0.717, 1.165) is 24.9 Å². The number of hydrogen-bond donors (Lipinski definition) is 0. The zero-order valence-corrected chi connectivity index (χ0v) is 42.8. The molecule has 0 N–H and O–H groups in total. The normalized spacial score (nSPS) is 26.1. The van der Waals surface area contributed by atoms with E-state index in [2.05, 4.69) is 185 Å². The van der Waals surface area contributed by atoms with Gasteiger partial charge in [-0.1, -0.05) is 140 Å². The smallest absolute Gasteiger partial charge is 0.252 e. The Morgan fingerprint density at radius 2 is 1.12 bits per heavy atom. The fourth-order valence-corrected chi connectivity index (χ4v) is 14.3. The summed E-state index contributed by atoms with van der Waals surface area (Å²) in [6.07, 6.45) is 7.11. The van der Waals surface area contributed by atoms with Gasteiger partial charge in [0.15, 0.2) is 0 Å². The summed E-state index contributed by atoms with van der Waals surface area (Å²) < 4.78 is 15.0. The molecule has 5 heteroatoms. The van der Waals surface area contributed by atoms with Gasteiger partial charge in [-0.05, 0) is 165 Å². The zero-order chi connectivity index (χ0) is 47.1. The summed E-state index contributed by atoms with van der Waals surface area (Å²) in [5.41, 5.74) is 21.3. The summed E-state index contributed by atoms with van der Waals surface area (Å²) in [7, 11) is 0. The van der Waals surface area contributed by atoms with E-state index < -0.39 is 0 Å². The molecule has 0 saturated heterocycles. The fraction of sp³-hybridized carbons (Fsp3) is 0.475. The number of hydrogen-bond acceptors (Lipinski definition) is 3. The van der Waals surface area contributed by atoms with Crippen LogP contribution < -0.4 is 31.1 Å². The van der Waals surface area contributed by atoms with Crippen LogP contribution in [-0.4, -0.2) is 12.3 Å². The Balaban J connectivity index is 1.28. The van der Waals surface area contributed by atoms with Crippen LogP contribution in [0.4, 0.5) is 44.2 Å². The highest BCUT2D eigenvalue weighted by molar-refractivity contribution is 7.01. The molecule has 4 atom stereocenters. The van der Waals surface area contributed by atoms with E-state index in [-0.39, 0.29) is 50.6 Å². The molecule has 1 saturated carbocycles. The van der Waals surface area contributed by atoms with Gasteiger partial charge in [0.05, 0.1) is 5.54 Å². The molecule has 3 nitrogen and oxygen atoms in total. The summed E-state index contributed by atoms with van der Waals surface area (Å²) in [5, 5.41) is 0. The highest BCUT2D eigenvalue weighted by Crippen LogP contribution is 2.68. The third-order valence-electron chi connectivity index (χ3n) is 19.1. The van der Waals surface area contributed by atoms with Gasteiger partial charge in [-0.2, -0.15) is 0 Å². The number of rotatable bonds is 3. The molecule has 11 rings (SSSR count). The van der Waals surface area contributed by atoms with Gasteiger partial charge >= 0.3 is 0 Å². The molecule has 0 bridgehead atoms. The number of halogens is 1. The summed E-state index contributed by atoms with van der Waals surface area (Å²) in [6.45, 7) is 36.9. The molecule has 4 unspecified atom stereocenters. The predicted molar refractivity (Wildman–Crippen MR) is 280 cm³/mol. The van der Waals surface area contributed by atoms with E-state index in [1.165, 1.54) is 92.0 Å². The van der Waals surface area contributed by atoms with Crippen LogP contribution in [0.5, 0.6) is 0 Å². The van der Waals surface area contributed by atoms with Crippen molar-refractivity contribution in [3.8, 4) is 0 Å². The summed E-state index contributed by atoms with van der Waals surface area (Å²) in [5.74, 6) is 0.305. The lowest BCUT2D eigenvalue weighted by Crippen LogP contribution is -2.67. The van der Waals surface area contributed by atoms with Crippen LogP contribution in [-0.2, 0) is 16.2 Å². The maximum atomic E-state index is 15.0. The largest absolute Gasteiger partial charge is 0.338 e. The van der Waals surface area contributed by atoms with Gasteiger partial charge < -0.3 is 14.7 Å². The van der Waals surface area contributed by atoms with Crippen molar-refractivity contribution in [1.29, 1.82) is 0 Å². The van der Waals surface area contributed by atoms with Gasteiger partial charge in [0.2, 0.25) is 0 Å². The Labute approximate surface area is 397 Å². The van der Waals surface area contributed by atoms with Crippen LogP contribution in [0.1, 0.15) is 165 Å². The molecule has 0 aromatic heterocycles. The molecule has 5 aromatic rings. The van der Waals surface area contributed by atoms with Crippen molar-refractivity contribution in [1.82, 2.24) is 0 Å². The molecular weight excluding hydrogens is 805 g/mol. The number of anilines is 7. The van der Waals surface area contributed by atoms with Gasteiger partial charge in [-0.3, -0.25) is 0 Å². The van der Waals surface area contributed by atoms with Crippen LogP contribution in [0.25, 0.3) is 0 Å². The Hall–Kier alpha value is -4.77. The van der Waals surface area contributed by atoms with Crippen LogP contribution >= 0.6 is 0 Å². The van der Waals surface area contributed by atoms with Gasteiger partial charge in [-0.25, -0.2) is 4.39 Å². The second-order valence-electron chi connectivity index (χ2n) is 25.9. The van der Waals surface area contributed by atoms with E-state index in [1.807, 2.05) is 12.1 Å². The maximum Gasteiger partial charge on any atom is 0.252 e. The monoisotopic (exact) mass is 878 g/mol. The first-order chi connectivity index (χ1) is 30.8. The van der Waals surface area contributed by atoms with Crippen LogP contribution in [0.2, 0.25) is 0 Å². The second kappa shape index (κ2) is 13.7. The molecule has 5 aromatic carbocycles. The molecule has 4 heterocycles. The lowest BCUT2D eigenvalue weighted by atomic mass is 9.28. The van der Waals surface area contributed by atoms with E-state index in [9.17, 15) is 0 Å². The molecule has 6 aliphatic rings. The van der Waals surface area contributed by atoms with E-state index in [4.69, 9.17) is 0 Å².